The van der Waals surface area contributed by atoms with E-state index in [2.05, 4.69) is 12.2 Å². The van der Waals surface area contributed by atoms with Gasteiger partial charge in [0.1, 0.15) is 23.0 Å². The number of hydrogen-bond acceptors (Lipinski definition) is 5. The second-order valence-corrected chi connectivity index (χ2v) is 14.9. The van der Waals surface area contributed by atoms with Crippen molar-refractivity contribution in [1.29, 1.82) is 0 Å². The van der Waals surface area contributed by atoms with Crippen LogP contribution in [0, 0.1) is 0 Å². The molecule has 1 unspecified atom stereocenters. The third kappa shape index (κ3) is 6.54. The molecule has 1 aliphatic carbocycles. The SMILES string of the molecule is CCCCOc1ccc(C2(c3ccc(OC)cc3)C=Cc3c4c(c5cc(NC(=O)c6ccc(OC)cc6)ccc5c3O2)-c2ccc(C(F)(F)F)cc2C4(C)C)cc1. The molecule has 1 N–H and O–H groups in total. The summed E-state index contributed by atoms with van der Waals surface area (Å²) >= 11 is 0. The Hall–Kier alpha value is -6.22. The minimum absolute atomic E-state index is 0.318. The first-order valence-electron chi connectivity index (χ1n) is 19.0. The normalized spacial score (nSPS) is 16.3. The summed E-state index contributed by atoms with van der Waals surface area (Å²) in [5, 5.41) is 4.51. The number of anilines is 1. The van der Waals surface area contributed by atoms with Gasteiger partial charge in [-0.25, -0.2) is 0 Å². The van der Waals surface area contributed by atoms with Crippen molar-refractivity contribution < 1.29 is 36.9 Å². The minimum Gasteiger partial charge on any atom is -0.497 e. The smallest absolute Gasteiger partial charge is 0.416 e. The highest BCUT2D eigenvalue weighted by Crippen LogP contribution is 2.59. The fourth-order valence-corrected chi connectivity index (χ4v) is 8.13. The van der Waals surface area contributed by atoms with E-state index in [9.17, 15) is 18.0 Å². The number of unbranched alkanes of at least 4 members (excludes halogenated alkanes) is 1. The number of rotatable bonds is 10. The summed E-state index contributed by atoms with van der Waals surface area (Å²) in [5.74, 6) is 2.34. The fraction of sp³-hybridized carbons (Fsp3) is 0.229. The Balaban J connectivity index is 1.33. The molecular formula is C48H42F3NO5. The van der Waals surface area contributed by atoms with Gasteiger partial charge in [0.05, 0.1) is 26.4 Å². The van der Waals surface area contributed by atoms with Gasteiger partial charge in [-0.05, 0) is 119 Å². The third-order valence-electron chi connectivity index (χ3n) is 11.1. The average molecular weight is 770 g/mol. The van der Waals surface area contributed by atoms with Gasteiger partial charge >= 0.3 is 6.18 Å². The van der Waals surface area contributed by atoms with Crippen LogP contribution in [-0.4, -0.2) is 26.7 Å². The van der Waals surface area contributed by atoms with E-state index in [1.165, 1.54) is 6.07 Å². The van der Waals surface area contributed by atoms with Gasteiger partial charge in [-0.1, -0.05) is 63.6 Å². The van der Waals surface area contributed by atoms with Crippen molar-refractivity contribution in [3.05, 3.63) is 154 Å². The van der Waals surface area contributed by atoms with Crippen LogP contribution in [-0.2, 0) is 17.2 Å². The fourth-order valence-electron chi connectivity index (χ4n) is 8.13. The van der Waals surface area contributed by atoms with E-state index >= 15 is 0 Å². The average Bonchev–Trinajstić information content (AvgIpc) is 3.46. The zero-order valence-electron chi connectivity index (χ0n) is 32.3. The number of carbonyl (C=O) groups is 1. The highest BCUT2D eigenvalue weighted by Gasteiger charge is 2.45. The molecule has 0 bridgehead atoms. The van der Waals surface area contributed by atoms with Gasteiger partial charge < -0.3 is 24.3 Å². The van der Waals surface area contributed by atoms with Crippen LogP contribution in [0.15, 0.2) is 115 Å². The Labute approximate surface area is 329 Å². The van der Waals surface area contributed by atoms with Crippen LogP contribution in [0.25, 0.3) is 28.0 Å². The van der Waals surface area contributed by atoms with Crippen LogP contribution >= 0.6 is 0 Å². The van der Waals surface area contributed by atoms with E-state index in [0.717, 1.165) is 63.2 Å². The first-order valence-corrected chi connectivity index (χ1v) is 19.0. The van der Waals surface area contributed by atoms with Gasteiger partial charge in [-0.2, -0.15) is 13.2 Å². The van der Waals surface area contributed by atoms with E-state index in [1.807, 2.05) is 92.7 Å². The number of methoxy groups -OCH3 is 2. The predicted octanol–water partition coefficient (Wildman–Crippen LogP) is 12.0. The topological polar surface area (TPSA) is 66.0 Å². The van der Waals surface area contributed by atoms with Gasteiger partial charge in [0.25, 0.3) is 5.91 Å². The zero-order valence-corrected chi connectivity index (χ0v) is 32.3. The Morgan fingerprint density at radius 2 is 1.40 bits per heavy atom. The van der Waals surface area contributed by atoms with E-state index in [0.29, 0.717) is 46.2 Å². The molecule has 6 aromatic carbocycles. The molecule has 8 rings (SSSR count). The number of nitrogens with one attached hydrogen (secondary N) is 1. The first-order chi connectivity index (χ1) is 27.4. The molecule has 0 fully saturated rings. The summed E-state index contributed by atoms with van der Waals surface area (Å²) in [5.41, 5.74) is 3.70. The maximum absolute atomic E-state index is 14.2. The van der Waals surface area contributed by atoms with Crippen molar-refractivity contribution in [3.63, 3.8) is 0 Å². The van der Waals surface area contributed by atoms with E-state index in [-0.39, 0.29) is 5.91 Å². The van der Waals surface area contributed by atoms with Crippen molar-refractivity contribution in [3.8, 4) is 34.1 Å². The molecule has 0 spiro atoms. The molecule has 1 amide bonds. The Kier molecular flexibility index (Phi) is 9.50. The van der Waals surface area contributed by atoms with Crippen LogP contribution in [0.2, 0.25) is 0 Å². The quantitative estimate of drug-likeness (QED) is 0.141. The Morgan fingerprint density at radius 3 is 2.02 bits per heavy atom. The lowest BCUT2D eigenvalue weighted by atomic mass is 9.76. The number of ether oxygens (including phenoxy) is 4. The molecule has 0 saturated heterocycles. The summed E-state index contributed by atoms with van der Waals surface area (Å²) in [6.45, 7) is 6.64. The second kappa shape index (κ2) is 14.4. The molecule has 6 nitrogen and oxygen atoms in total. The summed E-state index contributed by atoms with van der Waals surface area (Å²) in [6.07, 6.45) is 1.53. The van der Waals surface area contributed by atoms with Gasteiger partial charge in [0, 0.05) is 38.7 Å². The van der Waals surface area contributed by atoms with Crippen molar-refractivity contribution in [2.75, 3.05) is 26.1 Å². The Morgan fingerprint density at radius 1 is 0.772 bits per heavy atom. The Bertz CT molecular complexity index is 2520. The number of alkyl halides is 3. The monoisotopic (exact) mass is 769 g/mol. The third-order valence-corrected chi connectivity index (χ3v) is 11.1. The number of fused-ring (bicyclic) bond motifs is 8. The molecular weight excluding hydrogens is 728 g/mol. The predicted molar refractivity (Wildman–Crippen MR) is 218 cm³/mol. The lowest BCUT2D eigenvalue weighted by Gasteiger charge is -2.38. The number of benzene rings is 6. The molecule has 0 aromatic heterocycles. The van der Waals surface area contributed by atoms with Gasteiger partial charge in [-0.3, -0.25) is 4.79 Å². The van der Waals surface area contributed by atoms with Crippen molar-refractivity contribution in [2.24, 2.45) is 0 Å². The molecule has 2 aliphatic rings. The molecule has 290 valence electrons. The molecule has 1 heterocycles. The number of halogens is 3. The maximum atomic E-state index is 14.2. The van der Waals surface area contributed by atoms with E-state index < -0.39 is 22.8 Å². The van der Waals surface area contributed by atoms with E-state index in [1.54, 1.807) is 44.6 Å². The van der Waals surface area contributed by atoms with Crippen LogP contribution in [0.1, 0.15) is 77.4 Å². The minimum atomic E-state index is -4.52. The van der Waals surface area contributed by atoms with Gasteiger partial charge in [-0.15, -0.1) is 0 Å². The molecule has 0 saturated carbocycles. The number of hydrogen-bond donors (Lipinski definition) is 1. The standard InChI is InChI=1S/C48H42F3NO5/c1-6-7-26-56-36-20-12-31(13-21-36)47(30-10-18-35(55-5)19-11-30)25-24-39-43-42(38-22-14-32(48(49,50)51)27-41(38)46(43,2)3)40-28-33(15-23-37(40)44(39)57-47)52-45(53)29-8-16-34(54-4)17-9-29/h8-25,27-28H,6-7,26H2,1-5H3,(H,52,53). The summed E-state index contributed by atoms with van der Waals surface area (Å²) in [4.78, 5) is 13.5. The van der Waals surface area contributed by atoms with Crippen molar-refractivity contribution in [1.82, 2.24) is 0 Å². The lowest BCUT2D eigenvalue weighted by Crippen LogP contribution is -2.35. The van der Waals surface area contributed by atoms with Crippen LogP contribution in [0.5, 0.6) is 23.0 Å². The summed E-state index contributed by atoms with van der Waals surface area (Å²) < 4.78 is 66.7. The molecule has 6 aromatic rings. The molecule has 57 heavy (non-hydrogen) atoms. The molecule has 9 heteroatoms. The van der Waals surface area contributed by atoms with Crippen LogP contribution in [0.4, 0.5) is 18.9 Å². The zero-order chi connectivity index (χ0) is 40.1. The highest BCUT2D eigenvalue weighted by atomic mass is 19.4. The summed E-state index contributed by atoms with van der Waals surface area (Å²) in [7, 11) is 3.18. The number of carbonyl (C=O) groups excluding carboxylic acids is 1. The molecule has 1 aliphatic heterocycles. The largest absolute Gasteiger partial charge is 0.497 e. The second-order valence-electron chi connectivity index (χ2n) is 14.9. The van der Waals surface area contributed by atoms with Crippen LogP contribution in [0.3, 0.4) is 0 Å². The number of amides is 1. The lowest BCUT2D eigenvalue weighted by molar-refractivity contribution is -0.137. The van der Waals surface area contributed by atoms with E-state index in [4.69, 9.17) is 18.9 Å². The molecule has 0 radical (unpaired) electrons. The molecule has 1 atom stereocenters. The summed E-state index contributed by atoms with van der Waals surface area (Å²) in [6, 6.07) is 32.0. The van der Waals surface area contributed by atoms with Gasteiger partial charge in [0.2, 0.25) is 0 Å². The van der Waals surface area contributed by atoms with Gasteiger partial charge in [0.15, 0.2) is 5.60 Å². The van der Waals surface area contributed by atoms with Crippen LogP contribution < -0.4 is 24.3 Å². The maximum Gasteiger partial charge on any atom is 0.416 e. The van der Waals surface area contributed by atoms with Crippen molar-refractivity contribution >= 4 is 28.4 Å². The first kappa shape index (κ1) is 37.7. The highest BCUT2D eigenvalue weighted by molar-refractivity contribution is 6.11. The van der Waals surface area contributed by atoms with Crippen molar-refractivity contribution in [2.45, 2.75) is 50.8 Å².